The normalized spacial score (nSPS) is 15.4. The number of nitrogens with zero attached hydrogens (tertiary/aromatic N) is 2. The molecule has 0 radical (unpaired) electrons. The molecule has 4 heteroatoms. The number of hydrazine groups is 1. The average molecular weight is 284 g/mol. The van der Waals surface area contributed by atoms with Gasteiger partial charge in [-0.05, 0) is 49.9 Å². The van der Waals surface area contributed by atoms with E-state index in [1.807, 2.05) is 0 Å². The number of anilines is 2. The van der Waals surface area contributed by atoms with E-state index < -0.39 is 0 Å². The Morgan fingerprint density at radius 1 is 1.19 bits per heavy atom. The fourth-order valence-electron chi connectivity index (χ4n) is 3.12. The lowest BCUT2D eigenvalue weighted by atomic mass is 10.1. The van der Waals surface area contributed by atoms with Gasteiger partial charge < -0.3 is 10.3 Å². The van der Waals surface area contributed by atoms with Crippen molar-refractivity contribution in [2.75, 3.05) is 23.4 Å². The van der Waals surface area contributed by atoms with E-state index in [2.05, 4.69) is 41.5 Å². The number of rotatable bonds is 4. The zero-order valence-electron chi connectivity index (χ0n) is 12.7. The maximum atomic E-state index is 5.72. The highest BCUT2D eigenvalue weighted by Crippen LogP contribution is 2.29. The number of hydrogen-bond donors (Lipinski definition) is 2. The molecule has 0 atom stereocenters. The summed E-state index contributed by atoms with van der Waals surface area (Å²) in [5.74, 6) is 5.72. The van der Waals surface area contributed by atoms with Gasteiger partial charge in [-0.1, -0.05) is 13.3 Å². The molecule has 3 N–H and O–H groups in total. The molecule has 0 aliphatic carbocycles. The quantitative estimate of drug-likeness (QED) is 0.667. The molecule has 112 valence electrons. The Hall–Kier alpha value is -1.81. The van der Waals surface area contributed by atoms with Gasteiger partial charge in [0, 0.05) is 29.9 Å². The van der Waals surface area contributed by atoms with E-state index in [1.165, 1.54) is 24.9 Å². The number of fused-ring (bicyclic) bond motifs is 1. The molecule has 1 saturated heterocycles. The van der Waals surface area contributed by atoms with Crippen molar-refractivity contribution in [1.29, 1.82) is 0 Å². The topological polar surface area (TPSA) is 54.2 Å². The molecular weight excluding hydrogens is 260 g/mol. The number of aromatic nitrogens is 1. The van der Waals surface area contributed by atoms with Crippen molar-refractivity contribution in [2.24, 2.45) is 5.84 Å². The van der Waals surface area contributed by atoms with Crippen LogP contribution in [0.1, 0.15) is 38.3 Å². The minimum atomic E-state index is 0.974. The maximum Gasteiger partial charge on any atom is 0.0728 e. The van der Waals surface area contributed by atoms with Gasteiger partial charge in [-0.2, -0.15) is 0 Å². The van der Waals surface area contributed by atoms with Crippen LogP contribution < -0.4 is 16.2 Å². The highest BCUT2D eigenvalue weighted by molar-refractivity contribution is 5.93. The van der Waals surface area contributed by atoms with Crippen molar-refractivity contribution in [3.63, 3.8) is 0 Å². The number of nitrogen functional groups attached to an aromatic ring is 1. The van der Waals surface area contributed by atoms with Crippen molar-refractivity contribution in [3.8, 4) is 0 Å². The van der Waals surface area contributed by atoms with Crippen LogP contribution in [0.4, 0.5) is 11.4 Å². The van der Waals surface area contributed by atoms with Crippen molar-refractivity contribution in [3.05, 3.63) is 30.0 Å². The Labute approximate surface area is 126 Å². The summed E-state index contributed by atoms with van der Waals surface area (Å²) in [7, 11) is 0. The molecule has 3 rings (SSSR count). The first-order chi connectivity index (χ1) is 10.3. The first-order valence-corrected chi connectivity index (χ1v) is 7.97. The van der Waals surface area contributed by atoms with Gasteiger partial charge in [0.25, 0.3) is 0 Å². The summed E-state index contributed by atoms with van der Waals surface area (Å²) in [6.45, 7) is 4.47. The predicted octanol–water partition coefficient (Wildman–Crippen LogP) is 3.46. The van der Waals surface area contributed by atoms with Crippen LogP contribution in [0.3, 0.4) is 0 Å². The molecule has 1 fully saturated rings. The molecule has 1 aliphatic rings. The third-order valence-electron chi connectivity index (χ3n) is 4.23. The van der Waals surface area contributed by atoms with Crippen molar-refractivity contribution >= 4 is 22.3 Å². The highest BCUT2D eigenvalue weighted by atomic mass is 15.2. The van der Waals surface area contributed by atoms with Gasteiger partial charge in [-0.25, -0.2) is 0 Å². The number of hydrogen-bond acceptors (Lipinski definition) is 4. The van der Waals surface area contributed by atoms with E-state index in [0.29, 0.717) is 0 Å². The van der Waals surface area contributed by atoms with Gasteiger partial charge in [0.1, 0.15) is 0 Å². The first kappa shape index (κ1) is 14.1. The number of nitrogens with one attached hydrogen (secondary N) is 1. The van der Waals surface area contributed by atoms with E-state index in [4.69, 9.17) is 10.8 Å². The lowest BCUT2D eigenvalue weighted by Crippen LogP contribution is -2.29. The van der Waals surface area contributed by atoms with E-state index in [0.717, 1.165) is 48.2 Å². The van der Waals surface area contributed by atoms with Crippen molar-refractivity contribution in [1.82, 2.24) is 4.98 Å². The summed E-state index contributed by atoms with van der Waals surface area (Å²) in [4.78, 5) is 7.21. The molecule has 2 aromatic rings. The lowest BCUT2D eigenvalue weighted by Gasteiger charge is -2.29. The molecule has 21 heavy (non-hydrogen) atoms. The summed E-state index contributed by atoms with van der Waals surface area (Å²) in [5.41, 5.74) is 7.22. The standard InChI is InChI=1S/C17H24N4/c1-2-6-13-11-17(20-18)15-12-14(7-8-16(15)19-13)21-9-4-3-5-10-21/h7-8,11-12H,2-6,9-10,18H2,1H3,(H,19,20). The molecule has 1 aromatic heterocycles. The maximum absolute atomic E-state index is 5.72. The Balaban J connectivity index is 2.01. The van der Waals surface area contributed by atoms with Gasteiger partial charge in [0.05, 0.1) is 11.2 Å². The zero-order valence-corrected chi connectivity index (χ0v) is 12.7. The summed E-state index contributed by atoms with van der Waals surface area (Å²) in [5, 5.41) is 1.11. The number of benzene rings is 1. The van der Waals surface area contributed by atoms with Crippen LogP contribution in [0.5, 0.6) is 0 Å². The summed E-state index contributed by atoms with van der Waals surface area (Å²) in [6.07, 6.45) is 6.00. The second-order valence-corrected chi connectivity index (χ2v) is 5.80. The minimum Gasteiger partial charge on any atom is -0.372 e. The Bertz CT molecular complexity index is 617. The second-order valence-electron chi connectivity index (χ2n) is 5.80. The van der Waals surface area contributed by atoms with E-state index >= 15 is 0 Å². The summed E-state index contributed by atoms with van der Waals surface area (Å²) in [6, 6.07) is 8.61. The smallest absolute Gasteiger partial charge is 0.0728 e. The fraction of sp³-hybridized carbons (Fsp3) is 0.471. The van der Waals surface area contributed by atoms with Crippen LogP contribution in [0.25, 0.3) is 10.9 Å². The molecule has 2 heterocycles. The van der Waals surface area contributed by atoms with E-state index in [9.17, 15) is 0 Å². The Kier molecular flexibility index (Phi) is 4.25. The number of aryl methyl sites for hydroxylation is 1. The first-order valence-electron chi connectivity index (χ1n) is 7.97. The van der Waals surface area contributed by atoms with Crippen LogP contribution in [0, 0.1) is 0 Å². The van der Waals surface area contributed by atoms with Crippen LogP contribution >= 0.6 is 0 Å². The molecule has 0 saturated carbocycles. The lowest BCUT2D eigenvalue weighted by molar-refractivity contribution is 0.578. The van der Waals surface area contributed by atoms with Gasteiger partial charge in [-0.3, -0.25) is 10.8 Å². The zero-order chi connectivity index (χ0) is 14.7. The second kappa shape index (κ2) is 6.31. The average Bonchev–Trinajstić information content (AvgIpc) is 2.55. The van der Waals surface area contributed by atoms with Gasteiger partial charge in [0.15, 0.2) is 0 Å². The Morgan fingerprint density at radius 2 is 2.00 bits per heavy atom. The minimum absolute atomic E-state index is 0.974. The monoisotopic (exact) mass is 284 g/mol. The molecular formula is C17H24N4. The third-order valence-corrected chi connectivity index (χ3v) is 4.23. The van der Waals surface area contributed by atoms with Crippen LogP contribution in [-0.4, -0.2) is 18.1 Å². The fourth-order valence-corrected chi connectivity index (χ4v) is 3.12. The van der Waals surface area contributed by atoms with E-state index in [1.54, 1.807) is 0 Å². The molecule has 0 unspecified atom stereocenters. The largest absolute Gasteiger partial charge is 0.372 e. The van der Waals surface area contributed by atoms with Crippen molar-refractivity contribution < 1.29 is 0 Å². The van der Waals surface area contributed by atoms with Gasteiger partial charge in [0.2, 0.25) is 0 Å². The predicted molar refractivity (Wildman–Crippen MR) is 89.6 cm³/mol. The van der Waals surface area contributed by atoms with Gasteiger partial charge >= 0.3 is 0 Å². The van der Waals surface area contributed by atoms with E-state index in [-0.39, 0.29) is 0 Å². The summed E-state index contributed by atoms with van der Waals surface area (Å²) < 4.78 is 0. The molecule has 0 bridgehead atoms. The van der Waals surface area contributed by atoms with Gasteiger partial charge in [-0.15, -0.1) is 0 Å². The number of nitrogens with two attached hydrogens (primary N) is 1. The molecule has 0 spiro atoms. The number of piperidine rings is 1. The van der Waals surface area contributed by atoms with Crippen LogP contribution in [0.2, 0.25) is 0 Å². The molecule has 1 aliphatic heterocycles. The summed E-state index contributed by atoms with van der Waals surface area (Å²) >= 11 is 0. The molecule has 0 amide bonds. The SMILES string of the molecule is CCCc1cc(NN)c2cc(N3CCCCC3)ccc2n1. The van der Waals surface area contributed by atoms with Crippen molar-refractivity contribution in [2.45, 2.75) is 39.0 Å². The molecule has 4 nitrogen and oxygen atoms in total. The van der Waals surface area contributed by atoms with Crippen LogP contribution in [0.15, 0.2) is 24.3 Å². The van der Waals surface area contributed by atoms with Crippen LogP contribution in [-0.2, 0) is 6.42 Å². The third kappa shape index (κ3) is 2.95. The molecule has 1 aromatic carbocycles. The number of pyridine rings is 1. The Morgan fingerprint density at radius 3 is 2.71 bits per heavy atom. The highest BCUT2D eigenvalue weighted by Gasteiger charge is 2.13.